The molecule has 0 atom stereocenters. The summed E-state index contributed by atoms with van der Waals surface area (Å²) < 4.78 is 6.17. The van der Waals surface area contributed by atoms with Crippen LogP contribution >= 0.6 is 15.9 Å². The van der Waals surface area contributed by atoms with Crippen molar-refractivity contribution in [2.75, 3.05) is 20.2 Å². The van der Waals surface area contributed by atoms with Gasteiger partial charge in [0.15, 0.2) is 0 Å². The molecule has 1 aromatic rings. The minimum atomic E-state index is 0.0237. The van der Waals surface area contributed by atoms with E-state index in [9.17, 15) is 4.79 Å². The Balaban J connectivity index is 3.01. The maximum Gasteiger partial charge on any atom is 0.257 e. The number of hydrogen-bond donors (Lipinski definition) is 0. The fraction of sp³-hybridized carbons (Fsp3) is 0.500. The van der Waals surface area contributed by atoms with Crippen molar-refractivity contribution in [2.45, 2.75) is 20.8 Å². The second-order valence-electron chi connectivity index (χ2n) is 4.58. The molecule has 0 aromatic heterocycles. The van der Waals surface area contributed by atoms with E-state index in [0.717, 1.165) is 11.0 Å². The number of ether oxygens (including phenoxy) is 1. The van der Waals surface area contributed by atoms with Crippen molar-refractivity contribution >= 4 is 21.8 Å². The molecule has 0 fully saturated rings. The van der Waals surface area contributed by atoms with Gasteiger partial charge in [0.25, 0.3) is 5.91 Å². The molecule has 0 spiro atoms. The van der Waals surface area contributed by atoms with E-state index in [1.54, 1.807) is 13.2 Å². The van der Waals surface area contributed by atoms with E-state index in [1.807, 2.05) is 24.0 Å². The summed E-state index contributed by atoms with van der Waals surface area (Å²) in [4.78, 5) is 14.3. The number of methoxy groups -OCH3 is 1. The van der Waals surface area contributed by atoms with Gasteiger partial charge in [0.1, 0.15) is 5.75 Å². The summed E-state index contributed by atoms with van der Waals surface area (Å²) in [5, 5.41) is 0. The number of rotatable bonds is 5. The van der Waals surface area contributed by atoms with Crippen LogP contribution in [0.25, 0.3) is 0 Å². The van der Waals surface area contributed by atoms with Crippen LogP contribution in [-0.2, 0) is 0 Å². The lowest BCUT2D eigenvalue weighted by Gasteiger charge is -2.23. The second-order valence-corrected chi connectivity index (χ2v) is 5.50. The first-order valence-corrected chi connectivity index (χ1v) is 6.91. The van der Waals surface area contributed by atoms with Crippen molar-refractivity contribution in [1.29, 1.82) is 0 Å². The Labute approximate surface area is 117 Å². The zero-order valence-corrected chi connectivity index (χ0v) is 13.0. The molecule has 1 aromatic carbocycles. The summed E-state index contributed by atoms with van der Waals surface area (Å²) in [6.07, 6.45) is 0. The molecule has 0 saturated carbocycles. The molecule has 0 bridgehead atoms. The molecule has 0 unspecified atom stereocenters. The molecule has 0 N–H and O–H groups in total. The SMILES string of the molecule is CCN(CC(C)C)C(=O)c1ccc(Br)cc1OC. The molecule has 4 heteroatoms. The molecule has 3 nitrogen and oxygen atoms in total. The van der Waals surface area contributed by atoms with Crippen LogP contribution in [0.4, 0.5) is 0 Å². The monoisotopic (exact) mass is 313 g/mol. The highest BCUT2D eigenvalue weighted by Crippen LogP contribution is 2.24. The molecular formula is C14H20BrNO2. The number of nitrogens with zero attached hydrogens (tertiary/aromatic N) is 1. The fourth-order valence-corrected chi connectivity index (χ4v) is 2.15. The van der Waals surface area contributed by atoms with Crippen molar-refractivity contribution in [1.82, 2.24) is 4.90 Å². The molecule has 0 aliphatic rings. The number of amides is 1. The van der Waals surface area contributed by atoms with E-state index in [2.05, 4.69) is 29.8 Å². The van der Waals surface area contributed by atoms with Crippen molar-refractivity contribution in [3.05, 3.63) is 28.2 Å². The second kappa shape index (κ2) is 6.78. The van der Waals surface area contributed by atoms with E-state index in [1.165, 1.54) is 0 Å². The smallest absolute Gasteiger partial charge is 0.257 e. The van der Waals surface area contributed by atoms with Gasteiger partial charge in [-0.2, -0.15) is 0 Å². The first-order chi connectivity index (χ1) is 8.49. The van der Waals surface area contributed by atoms with Gasteiger partial charge in [-0.15, -0.1) is 0 Å². The van der Waals surface area contributed by atoms with Gasteiger partial charge in [-0.05, 0) is 31.0 Å². The quantitative estimate of drug-likeness (QED) is 0.831. The third-order valence-electron chi connectivity index (χ3n) is 2.65. The first kappa shape index (κ1) is 15.0. The van der Waals surface area contributed by atoms with Crippen LogP contribution in [0, 0.1) is 5.92 Å². The number of carbonyl (C=O) groups excluding carboxylic acids is 1. The van der Waals surface area contributed by atoms with Gasteiger partial charge in [0.2, 0.25) is 0 Å². The Kier molecular flexibility index (Phi) is 5.66. The molecule has 0 saturated heterocycles. The third kappa shape index (κ3) is 3.73. The van der Waals surface area contributed by atoms with Crippen molar-refractivity contribution < 1.29 is 9.53 Å². The third-order valence-corrected chi connectivity index (χ3v) is 3.14. The van der Waals surface area contributed by atoms with Gasteiger partial charge in [0.05, 0.1) is 12.7 Å². The van der Waals surface area contributed by atoms with Gasteiger partial charge >= 0.3 is 0 Å². The number of hydrogen-bond acceptors (Lipinski definition) is 2. The number of carbonyl (C=O) groups is 1. The average molecular weight is 314 g/mol. The highest BCUT2D eigenvalue weighted by Gasteiger charge is 2.19. The largest absolute Gasteiger partial charge is 0.496 e. The first-order valence-electron chi connectivity index (χ1n) is 6.12. The van der Waals surface area contributed by atoms with Crippen molar-refractivity contribution in [3.63, 3.8) is 0 Å². The summed E-state index contributed by atoms with van der Waals surface area (Å²) in [5.74, 6) is 1.09. The lowest BCUT2D eigenvalue weighted by atomic mass is 10.1. The fourth-order valence-electron chi connectivity index (χ4n) is 1.81. The minimum absolute atomic E-state index is 0.0237. The van der Waals surface area contributed by atoms with Crippen LogP contribution in [0.15, 0.2) is 22.7 Å². The summed E-state index contributed by atoms with van der Waals surface area (Å²) in [6, 6.07) is 5.48. The normalized spacial score (nSPS) is 10.6. The van der Waals surface area contributed by atoms with Crippen molar-refractivity contribution in [2.24, 2.45) is 5.92 Å². The Morgan fingerprint density at radius 3 is 2.61 bits per heavy atom. The van der Waals surface area contributed by atoms with Gasteiger partial charge < -0.3 is 9.64 Å². The van der Waals surface area contributed by atoms with Gasteiger partial charge in [0, 0.05) is 17.6 Å². The molecular weight excluding hydrogens is 294 g/mol. The maximum atomic E-state index is 12.4. The summed E-state index contributed by atoms with van der Waals surface area (Å²) in [7, 11) is 1.58. The van der Waals surface area contributed by atoms with Crippen LogP contribution in [0.1, 0.15) is 31.1 Å². The maximum absolute atomic E-state index is 12.4. The number of benzene rings is 1. The Morgan fingerprint density at radius 2 is 2.11 bits per heavy atom. The van der Waals surface area contributed by atoms with Crippen molar-refractivity contribution in [3.8, 4) is 5.75 Å². The summed E-state index contributed by atoms with van der Waals surface area (Å²) in [6.45, 7) is 7.67. The zero-order valence-electron chi connectivity index (χ0n) is 11.4. The highest BCUT2D eigenvalue weighted by atomic mass is 79.9. The molecule has 18 heavy (non-hydrogen) atoms. The van der Waals surface area contributed by atoms with E-state index >= 15 is 0 Å². The average Bonchev–Trinajstić information content (AvgIpc) is 2.34. The van der Waals surface area contributed by atoms with Crippen LogP contribution in [0.3, 0.4) is 0 Å². The minimum Gasteiger partial charge on any atom is -0.496 e. The zero-order chi connectivity index (χ0) is 13.7. The van der Waals surface area contributed by atoms with Crippen LogP contribution in [0.2, 0.25) is 0 Å². The van der Waals surface area contributed by atoms with E-state index in [0.29, 0.717) is 23.8 Å². The standard InChI is InChI=1S/C14H20BrNO2/c1-5-16(9-10(2)3)14(17)12-7-6-11(15)8-13(12)18-4/h6-8,10H,5,9H2,1-4H3. The molecule has 0 heterocycles. The Morgan fingerprint density at radius 1 is 1.44 bits per heavy atom. The summed E-state index contributed by atoms with van der Waals surface area (Å²) >= 11 is 3.38. The molecule has 100 valence electrons. The van der Waals surface area contributed by atoms with E-state index < -0.39 is 0 Å². The lowest BCUT2D eigenvalue weighted by Crippen LogP contribution is -2.34. The number of halogens is 1. The molecule has 0 radical (unpaired) electrons. The molecule has 1 rings (SSSR count). The highest BCUT2D eigenvalue weighted by molar-refractivity contribution is 9.10. The van der Waals surface area contributed by atoms with Gasteiger partial charge in [-0.3, -0.25) is 4.79 Å². The molecule has 0 aliphatic carbocycles. The topological polar surface area (TPSA) is 29.5 Å². The van der Waals surface area contributed by atoms with E-state index in [-0.39, 0.29) is 5.91 Å². The lowest BCUT2D eigenvalue weighted by molar-refractivity contribution is 0.0742. The Bertz CT molecular complexity index is 418. The predicted molar refractivity (Wildman–Crippen MR) is 77.1 cm³/mol. The van der Waals surface area contributed by atoms with Crippen LogP contribution < -0.4 is 4.74 Å². The van der Waals surface area contributed by atoms with Gasteiger partial charge in [-0.25, -0.2) is 0 Å². The summed E-state index contributed by atoms with van der Waals surface area (Å²) in [5.41, 5.74) is 0.614. The van der Waals surface area contributed by atoms with Gasteiger partial charge in [-0.1, -0.05) is 29.8 Å². The van der Waals surface area contributed by atoms with Crippen LogP contribution in [0.5, 0.6) is 5.75 Å². The molecule has 0 aliphatic heterocycles. The van der Waals surface area contributed by atoms with Crippen LogP contribution in [-0.4, -0.2) is 31.0 Å². The Hall–Kier alpha value is -1.03. The molecule has 1 amide bonds. The predicted octanol–water partition coefficient (Wildman–Crippen LogP) is 3.58. The van der Waals surface area contributed by atoms with E-state index in [4.69, 9.17) is 4.74 Å².